The van der Waals surface area contributed by atoms with Crippen molar-refractivity contribution in [3.8, 4) is 0 Å². The van der Waals surface area contributed by atoms with E-state index in [-0.39, 0.29) is 11.4 Å². The number of H-pyrrole nitrogens is 1. The summed E-state index contributed by atoms with van der Waals surface area (Å²) in [6.45, 7) is 0. The lowest BCUT2D eigenvalue weighted by Crippen LogP contribution is -2.29. The molecule has 1 aliphatic rings. The van der Waals surface area contributed by atoms with Crippen LogP contribution in [0.5, 0.6) is 0 Å². The topological polar surface area (TPSA) is 67.2 Å². The monoisotopic (exact) mass is 213 g/mol. The minimum absolute atomic E-state index is 0.280. The fourth-order valence-corrected chi connectivity index (χ4v) is 1.58. The summed E-state index contributed by atoms with van der Waals surface area (Å²) in [6.07, 6.45) is 0.433. The van der Waals surface area contributed by atoms with Gasteiger partial charge in [-0.2, -0.15) is 0 Å². The summed E-state index contributed by atoms with van der Waals surface area (Å²) in [5.74, 6) is 0.705. The standard InChI is InChI=1S/C8H8ClN3O2/c1-12-6-5(2-4(3-9)10-6)7(13)11-8(12)14/h2-3H2,1H3,(H,11,13,14). The van der Waals surface area contributed by atoms with Crippen molar-refractivity contribution in [3.63, 3.8) is 0 Å². The molecule has 0 saturated heterocycles. The number of aromatic nitrogens is 2. The minimum Gasteiger partial charge on any atom is -0.281 e. The van der Waals surface area contributed by atoms with Crippen LogP contribution in [0.4, 0.5) is 5.82 Å². The predicted molar refractivity (Wildman–Crippen MR) is 53.8 cm³/mol. The Morgan fingerprint density at radius 3 is 2.93 bits per heavy atom. The molecule has 0 radical (unpaired) electrons. The molecule has 0 spiro atoms. The Morgan fingerprint density at radius 2 is 2.29 bits per heavy atom. The quantitative estimate of drug-likeness (QED) is 0.665. The Morgan fingerprint density at radius 1 is 1.57 bits per heavy atom. The van der Waals surface area contributed by atoms with Gasteiger partial charge in [0.15, 0.2) is 0 Å². The molecule has 14 heavy (non-hydrogen) atoms. The predicted octanol–water partition coefficient (Wildman–Crippen LogP) is -0.0590. The first-order valence-electron chi connectivity index (χ1n) is 4.08. The van der Waals surface area contributed by atoms with Gasteiger partial charge in [-0.25, -0.2) is 9.79 Å². The van der Waals surface area contributed by atoms with E-state index >= 15 is 0 Å². The molecule has 0 aromatic carbocycles. The summed E-state index contributed by atoms with van der Waals surface area (Å²) in [5, 5.41) is 0. The molecule has 5 nitrogen and oxygen atoms in total. The number of aromatic amines is 1. The molecule has 0 bridgehead atoms. The average molecular weight is 214 g/mol. The SMILES string of the molecule is Cn1c2c(c(=O)[nH]c1=O)CC(CCl)=N2. The third kappa shape index (κ3) is 1.21. The second kappa shape index (κ2) is 3.09. The summed E-state index contributed by atoms with van der Waals surface area (Å²) >= 11 is 5.61. The number of rotatable bonds is 1. The zero-order valence-electron chi connectivity index (χ0n) is 7.50. The molecule has 1 N–H and O–H groups in total. The van der Waals surface area contributed by atoms with Gasteiger partial charge in [-0.1, -0.05) is 0 Å². The highest BCUT2D eigenvalue weighted by atomic mass is 35.5. The maximum Gasteiger partial charge on any atom is 0.329 e. The molecule has 0 unspecified atom stereocenters. The molecular formula is C8H8ClN3O2. The van der Waals surface area contributed by atoms with Crippen LogP contribution in [0.2, 0.25) is 0 Å². The fraction of sp³-hybridized carbons (Fsp3) is 0.375. The number of aliphatic imine (C=N–C) groups is 1. The van der Waals surface area contributed by atoms with Gasteiger partial charge < -0.3 is 0 Å². The van der Waals surface area contributed by atoms with Crippen molar-refractivity contribution in [2.45, 2.75) is 6.42 Å². The third-order valence-corrected chi connectivity index (χ3v) is 2.49. The van der Waals surface area contributed by atoms with Gasteiger partial charge in [-0.15, -0.1) is 11.6 Å². The van der Waals surface area contributed by atoms with E-state index in [0.29, 0.717) is 23.5 Å². The molecule has 74 valence electrons. The normalized spacial score (nSPS) is 14.0. The van der Waals surface area contributed by atoms with Gasteiger partial charge in [0.1, 0.15) is 5.82 Å². The fourth-order valence-electron chi connectivity index (χ4n) is 1.43. The van der Waals surface area contributed by atoms with E-state index in [1.54, 1.807) is 7.05 Å². The summed E-state index contributed by atoms with van der Waals surface area (Å²) in [6, 6.07) is 0. The number of halogens is 1. The second-order valence-electron chi connectivity index (χ2n) is 3.11. The van der Waals surface area contributed by atoms with E-state index in [1.807, 2.05) is 0 Å². The number of hydrogen-bond donors (Lipinski definition) is 1. The highest BCUT2D eigenvalue weighted by molar-refractivity contribution is 6.29. The van der Waals surface area contributed by atoms with Crippen molar-refractivity contribution in [1.29, 1.82) is 0 Å². The number of fused-ring (bicyclic) bond motifs is 1. The van der Waals surface area contributed by atoms with E-state index in [0.717, 1.165) is 0 Å². The zero-order chi connectivity index (χ0) is 10.3. The highest BCUT2D eigenvalue weighted by Crippen LogP contribution is 2.21. The first-order chi connectivity index (χ1) is 6.63. The number of nitrogens with zero attached hydrogens (tertiary/aromatic N) is 2. The molecule has 0 atom stereocenters. The van der Waals surface area contributed by atoms with Crippen molar-refractivity contribution in [2.24, 2.45) is 12.0 Å². The first-order valence-corrected chi connectivity index (χ1v) is 4.61. The Kier molecular flexibility index (Phi) is 2.03. The lowest BCUT2D eigenvalue weighted by molar-refractivity contribution is 0.796. The molecule has 0 saturated carbocycles. The molecule has 0 amide bonds. The van der Waals surface area contributed by atoms with Gasteiger partial charge in [0, 0.05) is 19.2 Å². The Labute approximate surface area is 84.1 Å². The Balaban J connectivity index is 2.73. The second-order valence-corrected chi connectivity index (χ2v) is 3.38. The lowest BCUT2D eigenvalue weighted by Gasteiger charge is -2.00. The van der Waals surface area contributed by atoms with Gasteiger partial charge >= 0.3 is 5.69 Å². The molecule has 1 aromatic heterocycles. The van der Waals surface area contributed by atoms with Crippen molar-refractivity contribution in [2.75, 3.05) is 5.88 Å². The number of alkyl halides is 1. The van der Waals surface area contributed by atoms with Crippen LogP contribution in [0.15, 0.2) is 14.6 Å². The molecule has 0 aliphatic carbocycles. The van der Waals surface area contributed by atoms with Crippen LogP contribution >= 0.6 is 11.6 Å². The summed E-state index contributed by atoms with van der Waals surface area (Å²) in [7, 11) is 1.57. The van der Waals surface area contributed by atoms with E-state index in [1.165, 1.54) is 4.57 Å². The van der Waals surface area contributed by atoms with Crippen LogP contribution in [-0.2, 0) is 13.5 Å². The van der Waals surface area contributed by atoms with Crippen LogP contribution in [0, 0.1) is 0 Å². The third-order valence-electron chi connectivity index (χ3n) is 2.19. The summed E-state index contributed by atoms with van der Waals surface area (Å²) in [5.41, 5.74) is 0.413. The number of hydrogen-bond acceptors (Lipinski definition) is 3. The van der Waals surface area contributed by atoms with Crippen molar-refractivity contribution >= 4 is 23.1 Å². The van der Waals surface area contributed by atoms with Crippen LogP contribution in [-0.4, -0.2) is 21.1 Å². The van der Waals surface area contributed by atoms with Gasteiger partial charge in [0.2, 0.25) is 0 Å². The molecule has 0 fully saturated rings. The van der Waals surface area contributed by atoms with Gasteiger partial charge in [0.25, 0.3) is 5.56 Å². The van der Waals surface area contributed by atoms with Gasteiger partial charge in [-0.3, -0.25) is 14.3 Å². The van der Waals surface area contributed by atoms with Gasteiger partial charge in [0.05, 0.1) is 11.4 Å². The smallest absolute Gasteiger partial charge is 0.281 e. The first kappa shape index (κ1) is 9.21. The molecule has 6 heteroatoms. The van der Waals surface area contributed by atoms with Crippen molar-refractivity contribution in [3.05, 3.63) is 26.4 Å². The zero-order valence-corrected chi connectivity index (χ0v) is 8.26. The molecule has 2 rings (SSSR count). The largest absolute Gasteiger partial charge is 0.329 e. The van der Waals surface area contributed by atoms with Crippen molar-refractivity contribution in [1.82, 2.24) is 9.55 Å². The van der Waals surface area contributed by atoms with Gasteiger partial charge in [-0.05, 0) is 0 Å². The molecule has 1 aliphatic heterocycles. The van der Waals surface area contributed by atoms with Crippen LogP contribution in [0.3, 0.4) is 0 Å². The summed E-state index contributed by atoms with van der Waals surface area (Å²) in [4.78, 5) is 28.9. The number of nitrogens with one attached hydrogen (secondary N) is 1. The van der Waals surface area contributed by atoms with E-state index in [2.05, 4.69) is 9.98 Å². The Hall–Kier alpha value is -1.36. The lowest BCUT2D eigenvalue weighted by atomic mass is 10.2. The highest BCUT2D eigenvalue weighted by Gasteiger charge is 2.20. The van der Waals surface area contributed by atoms with E-state index in [4.69, 9.17) is 11.6 Å². The maximum atomic E-state index is 11.4. The van der Waals surface area contributed by atoms with E-state index < -0.39 is 5.69 Å². The Bertz CT molecular complexity index is 526. The molecule has 1 aromatic rings. The van der Waals surface area contributed by atoms with Crippen LogP contribution in [0.1, 0.15) is 5.56 Å². The van der Waals surface area contributed by atoms with Crippen molar-refractivity contribution < 1.29 is 0 Å². The van der Waals surface area contributed by atoms with Crippen LogP contribution in [0.25, 0.3) is 0 Å². The average Bonchev–Trinajstić information content (AvgIpc) is 2.58. The minimum atomic E-state index is -0.451. The summed E-state index contributed by atoms with van der Waals surface area (Å²) < 4.78 is 1.32. The van der Waals surface area contributed by atoms with E-state index in [9.17, 15) is 9.59 Å². The maximum absolute atomic E-state index is 11.4. The molecule has 2 heterocycles. The van der Waals surface area contributed by atoms with Crippen LogP contribution < -0.4 is 11.2 Å². The molecular weight excluding hydrogens is 206 g/mol.